The second kappa shape index (κ2) is 22.0. The number of para-hydroxylation sites is 2. The second-order valence-corrected chi connectivity index (χ2v) is 14.3. The Morgan fingerprint density at radius 2 is 1.12 bits per heavy atom. The first kappa shape index (κ1) is 34.9. The number of nitrogens with zero attached hydrogens (tertiary/aromatic N) is 2. The molecule has 1 aliphatic carbocycles. The highest BCUT2D eigenvalue weighted by molar-refractivity contribution is 7.99. The fraction of sp³-hybridized carbons (Fsp3) is 0.667. The second-order valence-electron chi connectivity index (χ2n) is 12.8. The van der Waals surface area contributed by atoms with Gasteiger partial charge in [0, 0.05) is 30.7 Å². The van der Waals surface area contributed by atoms with E-state index in [1.807, 2.05) is 0 Å². The minimum atomic E-state index is 0.741. The van der Waals surface area contributed by atoms with Gasteiger partial charge in [-0.25, -0.2) is 0 Å². The van der Waals surface area contributed by atoms with Gasteiger partial charge < -0.3 is 0 Å². The lowest BCUT2D eigenvalue weighted by Gasteiger charge is -2.33. The number of hydrogen-bond acceptors (Lipinski definition) is 1. The third kappa shape index (κ3) is 13.4. The molecule has 0 aromatic heterocycles. The molecule has 3 heteroatoms. The van der Waals surface area contributed by atoms with E-state index in [0.717, 1.165) is 15.7 Å². The fourth-order valence-corrected chi connectivity index (χ4v) is 8.23. The highest BCUT2D eigenvalue weighted by atomic mass is 32.2. The van der Waals surface area contributed by atoms with Crippen molar-refractivity contribution in [3.63, 3.8) is 0 Å². The predicted molar refractivity (Wildman–Crippen MR) is 190 cm³/mol. The summed E-state index contributed by atoms with van der Waals surface area (Å²) < 4.78 is 3.55. The number of rotatable bonds is 23. The molecule has 0 heterocycles. The number of unbranched alkanes of at least 4 members (excludes halogenated alkanes) is 14. The molecule has 0 amide bonds. The first-order valence-electron chi connectivity index (χ1n) is 18.1. The normalized spacial score (nSPS) is 16.0. The molecule has 1 unspecified atom stereocenters. The summed E-state index contributed by atoms with van der Waals surface area (Å²) in [6.07, 6.45) is 31.5. The third-order valence-corrected chi connectivity index (χ3v) is 10.7. The monoisotopic (exact) mass is 592 g/mol. The van der Waals surface area contributed by atoms with E-state index < -0.39 is 0 Å². The molecule has 3 rings (SSSR count). The zero-order valence-electron chi connectivity index (χ0n) is 27.5. The highest BCUT2D eigenvalue weighted by Crippen LogP contribution is 2.40. The molecule has 1 aliphatic rings. The van der Waals surface area contributed by atoms with Crippen LogP contribution in [0.3, 0.4) is 0 Å². The molecule has 1 atom stereocenters. The van der Waals surface area contributed by atoms with Gasteiger partial charge in [0.05, 0.1) is 17.2 Å². The van der Waals surface area contributed by atoms with Crippen LogP contribution in [0.25, 0.3) is 0 Å². The molecule has 0 radical (unpaired) electrons. The van der Waals surface area contributed by atoms with E-state index >= 15 is 0 Å². The Labute approximate surface area is 265 Å². The maximum Gasteiger partial charge on any atom is 0.349 e. The van der Waals surface area contributed by atoms with E-state index in [-0.39, 0.29) is 0 Å². The summed E-state index contributed by atoms with van der Waals surface area (Å²) in [5, 5.41) is 0.741. The van der Waals surface area contributed by atoms with Crippen molar-refractivity contribution in [1.29, 1.82) is 0 Å². The summed E-state index contributed by atoms with van der Waals surface area (Å²) in [7, 11) is 0. The summed E-state index contributed by atoms with van der Waals surface area (Å²) >= 11 is 2.26. The Kier molecular flexibility index (Phi) is 18.3. The van der Waals surface area contributed by atoms with Gasteiger partial charge in [-0.15, -0.1) is 3.89 Å². The third-order valence-electron chi connectivity index (χ3n) is 9.09. The zero-order chi connectivity index (χ0) is 29.6. The topological polar surface area (TPSA) is 3.01 Å². The van der Waals surface area contributed by atoms with Gasteiger partial charge >= 0.3 is 6.34 Å². The number of benzene rings is 2. The molecule has 1 fully saturated rings. The van der Waals surface area contributed by atoms with Gasteiger partial charge in [-0.05, 0) is 32.1 Å². The molecule has 1 saturated carbocycles. The SMILES string of the molecule is CCCCCCCCCC[N+](=C[N+](CCCCCCCCCC)(SC1CCCCC1)c1ccccc1)c1ccccc1. The Bertz CT molecular complexity index is 937. The molecule has 2 aromatic carbocycles. The molecular weight excluding hydrogens is 529 g/mol. The van der Waals surface area contributed by atoms with Crippen LogP contribution in [-0.2, 0) is 0 Å². The van der Waals surface area contributed by atoms with Gasteiger partial charge in [-0.2, -0.15) is 4.58 Å². The van der Waals surface area contributed by atoms with Crippen molar-refractivity contribution in [2.24, 2.45) is 0 Å². The van der Waals surface area contributed by atoms with Crippen LogP contribution in [-0.4, -0.2) is 29.3 Å². The standard InChI is InChI=1S/C39H64N2S/c1-3-5-7-9-11-13-15-26-34-40(37-28-20-17-21-29-37)36-41(38-30-22-18-23-31-38,42-39-32-24-19-25-33-39)35-27-16-14-12-10-8-6-4-2/h17-18,20-23,28-31,36,39H,3-16,19,24-27,32-35H2,1-2H3/q+2. The van der Waals surface area contributed by atoms with E-state index in [1.54, 1.807) is 0 Å². The lowest BCUT2D eigenvalue weighted by Crippen LogP contribution is -2.46. The predicted octanol–water partition coefficient (Wildman–Crippen LogP) is 12.6. The molecule has 2 nitrogen and oxygen atoms in total. The average Bonchev–Trinajstić information content (AvgIpc) is 3.04. The summed E-state index contributed by atoms with van der Waals surface area (Å²) in [5.74, 6) is 0. The van der Waals surface area contributed by atoms with Crippen LogP contribution in [0.4, 0.5) is 11.4 Å². The van der Waals surface area contributed by atoms with Crippen LogP contribution in [0, 0.1) is 0 Å². The molecule has 42 heavy (non-hydrogen) atoms. The fourth-order valence-electron chi connectivity index (χ4n) is 6.51. The summed E-state index contributed by atoms with van der Waals surface area (Å²) in [4.78, 5) is 0. The van der Waals surface area contributed by atoms with E-state index in [2.05, 4.69) is 97.4 Å². The molecule has 0 bridgehead atoms. The number of quaternary nitrogens is 1. The van der Waals surface area contributed by atoms with Crippen LogP contribution in [0.1, 0.15) is 149 Å². The van der Waals surface area contributed by atoms with Crippen molar-refractivity contribution in [3.8, 4) is 0 Å². The van der Waals surface area contributed by atoms with Crippen molar-refractivity contribution in [2.75, 3.05) is 13.1 Å². The van der Waals surface area contributed by atoms with Crippen LogP contribution in [0.5, 0.6) is 0 Å². The summed E-state index contributed by atoms with van der Waals surface area (Å²) in [6, 6.07) is 22.7. The molecule has 234 valence electrons. The van der Waals surface area contributed by atoms with Crippen molar-refractivity contribution in [3.05, 3.63) is 60.7 Å². The summed E-state index contributed by atoms with van der Waals surface area (Å²) in [6.45, 7) is 6.91. The minimum Gasteiger partial charge on any atom is -0.151 e. The van der Waals surface area contributed by atoms with Crippen LogP contribution >= 0.6 is 11.9 Å². The molecular formula is C39H64N2S+2. The van der Waals surface area contributed by atoms with Crippen LogP contribution < -0.4 is 3.89 Å². The summed E-state index contributed by atoms with van der Waals surface area (Å²) in [5.41, 5.74) is 2.80. The number of hydrogen-bond donors (Lipinski definition) is 0. The van der Waals surface area contributed by atoms with Gasteiger partial charge in [-0.1, -0.05) is 147 Å². The highest BCUT2D eigenvalue weighted by Gasteiger charge is 2.39. The van der Waals surface area contributed by atoms with Crippen molar-refractivity contribution < 1.29 is 4.58 Å². The minimum absolute atomic E-state index is 0.741. The van der Waals surface area contributed by atoms with Gasteiger partial charge in [-0.3, -0.25) is 0 Å². The van der Waals surface area contributed by atoms with Gasteiger partial charge in [0.25, 0.3) is 0 Å². The van der Waals surface area contributed by atoms with Gasteiger partial charge in [0.15, 0.2) is 12.2 Å². The lowest BCUT2D eigenvalue weighted by molar-refractivity contribution is -0.440. The first-order chi connectivity index (χ1) is 20.8. The van der Waals surface area contributed by atoms with E-state index in [0.29, 0.717) is 0 Å². The maximum absolute atomic E-state index is 2.65. The average molecular weight is 593 g/mol. The van der Waals surface area contributed by atoms with Gasteiger partial charge in [0.2, 0.25) is 5.69 Å². The Morgan fingerprint density at radius 3 is 1.69 bits per heavy atom. The van der Waals surface area contributed by atoms with Gasteiger partial charge in [0.1, 0.15) is 6.54 Å². The molecule has 0 N–H and O–H groups in total. The van der Waals surface area contributed by atoms with Crippen molar-refractivity contribution >= 4 is 29.7 Å². The van der Waals surface area contributed by atoms with E-state index in [1.165, 1.54) is 153 Å². The van der Waals surface area contributed by atoms with Crippen molar-refractivity contribution in [1.82, 2.24) is 3.89 Å². The van der Waals surface area contributed by atoms with E-state index in [9.17, 15) is 0 Å². The molecule has 2 aromatic rings. The van der Waals surface area contributed by atoms with E-state index in [4.69, 9.17) is 0 Å². The lowest BCUT2D eigenvalue weighted by atomic mass is 10.0. The van der Waals surface area contributed by atoms with Crippen molar-refractivity contribution in [2.45, 2.75) is 154 Å². The molecule has 0 saturated heterocycles. The molecule has 0 aliphatic heterocycles. The quantitative estimate of drug-likeness (QED) is 0.0310. The Morgan fingerprint density at radius 1 is 0.619 bits per heavy atom. The van der Waals surface area contributed by atoms with Crippen LogP contribution in [0.2, 0.25) is 0 Å². The van der Waals surface area contributed by atoms with Crippen LogP contribution in [0.15, 0.2) is 60.7 Å². The Hall–Kier alpha value is -1.58. The Balaban J connectivity index is 1.81. The smallest absolute Gasteiger partial charge is 0.151 e. The largest absolute Gasteiger partial charge is 0.349 e. The zero-order valence-corrected chi connectivity index (χ0v) is 28.3. The first-order valence-corrected chi connectivity index (χ1v) is 18.9. The maximum atomic E-state index is 2.65. The molecule has 0 spiro atoms.